The Kier molecular flexibility index (Phi) is 1.68. The summed E-state index contributed by atoms with van der Waals surface area (Å²) in [4.78, 5) is 6.13. The molecule has 0 saturated carbocycles. The lowest BCUT2D eigenvalue weighted by Gasteiger charge is -2.45. The summed E-state index contributed by atoms with van der Waals surface area (Å²) in [5.41, 5.74) is 5.68. The van der Waals surface area contributed by atoms with Crippen molar-refractivity contribution in [3.05, 3.63) is 18.2 Å². The molecule has 16 heavy (non-hydrogen) atoms. The number of β-amino-alcohol motifs (C(OH)–C–C–N with tert-alkyl or cyclic N) is 1. The SMILES string of the molecule is CC1(O)CN(c2cccc3nc(N)nn23)C1. The van der Waals surface area contributed by atoms with Gasteiger partial charge in [0.05, 0.1) is 5.60 Å². The van der Waals surface area contributed by atoms with Crippen LogP contribution >= 0.6 is 0 Å². The Balaban J connectivity index is 2.04. The Hall–Kier alpha value is -1.82. The predicted octanol–water partition coefficient (Wildman–Crippen LogP) is -0.118. The Bertz CT molecular complexity index is 539. The summed E-state index contributed by atoms with van der Waals surface area (Å²) in [5, 5.41) is 13.8. The van der Waals surface area contributed by atoms with Gasteiger partial charge in [-0.3, -0.25) is 0 Å². The molecule has 0 unspecified atom stereocenters. The van der Waals surface area contributed by atoms with E-state index < -0.39 is 5.60 Å². The molecule has 1 fully saturated rings. The molecular weight excluding hydrogens is 206 g/mol. The summed E-state index contributed by atoms with van der Waals surface area (Å²) in [5.74, 6) is 1.17. The van der Waals surface area contributed by atoms with Gasteiger partial charge in [-0.1, -0.05) is 6.07 Å². The van der Waals surface area contributed by atoms with Crippen molar-refractivity contribution in [2.24, 2.45) is 0 Å². The van der Waals surface area contributed by atoms with Gasteiger partial charge in [0.25, 0.3) is 0 Å². The molecule has 6 heteroatoms. The standard InChI is InChI=1S/C10H13N5O/c1-10(16)5-14(6-10)8-4-2-3-7-12-9(11)13-15(7)8/h2-4,16H,5-6H2,1H3,(H2,11,13). The van der Waals surface area contributed by atoms with E-state index >= 15 is 0 Å². The number of hydrogen-bond donors (Lipinski definition) is 2. The smallest absolute Gasteiger partial charge is 0.240 e. The molecule has 0 aliphatic carbocycles. The summed E-state index contributed by atoms with van der Waals surface area (Å²) >= 11 is 0. The summed E-state index contributed by atoms with van der Waals surface area (Å²) in [7, 11) is 0. The molecule has 0 amide bonds. The molecule has 0 atom stereocenters. The summed E-state index contributed by atoms with van der Waals surface area (Å²) in [6, 6.07) is 5.70. The van der Waals surface area contributed by atoms with Crippen LogP contribution in [0.2, 0.25) is 0 Å². The third-order valence-corrected chi connectivity index (χ3v) is 2.74. The minimum Gasteiger partial charge on any atom is -0.386 e. The number of pyridine rings is 1. The number of aromatic nitrogens is 3. The van der Waals surface area contributed by atoms with Gasteiger partial charge in [-0.2, -0.15) is 9.50 Å². The number of fused-ring (bicyclic) bond motifs is 1. The predicted molar refractivity (Wildman–Crippen MR) is 60.2 cm³/mol. The van der Waals surface area contributed by atoms with Gasteiger partial charge < -0.3 is 15.7 Å². The zero-order valence-corrected chi connectivity index (χ0v) is 8.96. The minimum absolute atomic E-state index is 0.264. The van der Waals surface area contributed by atoms with Crippen LogP contribution in [0.4, 0.5) is 11.8 Å². The van der Waals surface area contributed by atoms with Gasteiger partial charge in [-0.15, -0.1) is 5.10 Å². The molecule has 0 radical (unpaired) electrons. The van der Waals surface area contributed by atoms with Crippen LogP contribution in [-0.4, -0.2) is 38.4 Å². The maximum absolute atomic E-state index is 9.71. The third-order valence-electron chi connectivity index (χ3n) is 2.74. The quantitative estimate of drug-likeness (QED) is 0.699. The van der Waals surface area contributed by atoms with Crippen LogP contribution in [0.15, 0.2) is 18.2 Å². The van der Waals surface area contributed by atoms with E-state index in [2.05, 4.69) is 10.1 Å². The first-order valence-corrected chi connectivity index (χ1v) is 5.14. The molecular formula is C10H13N5O. The lowest BCUT2D eigenvalue weighted by molar-refractivity contribution is 0.0303. The Morgan fingerprint density at radius 1 is 1.44 bits per heavy atom. The number of hydrogen-bond acceptors (Lipinski definition) is 5. The van der Waals surface area contributed by atoms with Crippen LogP contribution in [0.1, 0.15) is 6.92 Å². The molecule has 1 aliphatic rings. The Labute approximate surface area is 92.3 Å². The second-order valence-electron chi connectivity index (χ2n) is 4.48. The number of rotatable bonds is 1. The van der Waals surface area contributed by atoms with Crippen LogP contribution in [0, 0.1) is 0 Å². The highest BCUT2D eigenvalue weighted by Crippen LogP contribution is 2.27. The van der Waals surface area contributed by atoms with Crippen molar-refractivity contribution in [2.75, 3.05) is 23.7 Å². The van der Waals surface area contributed by atoms with Gasteiger partial charge >= 0.3 is 0 Å². The minimum atomic E-state index is -0.603. The lowest BCUT2D eigenvalue weighted by atomic mass is 9.97. The fraction of sp³-hybridized carbons (Fsp3) is 0.400. The molecule has 1 aliphatic heterocycles. The first-order valence-electron chi connectivity index (χ1n) is 5.14. The van der Waals surface area contributed by atoms with Gasteiger partial charge in [0.1, 0.15) is 5.82 Å². The molecule has 2 aromatic rings. The maximum atomic E-state index is 9.71. The van der Waals surface area contributed by atoms with Gasteiger partial charge in [0.15, 0.2) is 5.65 Å². The fourth-order valence-corrected chi connectivity index (χ4v) is 2.09. The topological polar surface area (TPSA) is 79.7 Å². The molecule has 0 spiro atoms. The summed E-state index contributed by atoms with van der Waals surface area (Å²) < 4.78 is 1.70. The highest BCUT2D eigenvalue weighted by molar-refractivity contribution is 5.54. The van der Waals surface area contributed by atoms with E-state index in [1.54, 1.807) is 4.52 Å². The van der Waals surface area contributed by atoms with Crippen molar-refractivity contribution in [3.63, 3.8) is 0 Å². The van der Waals surface area contributed by atoms with E-state index in [-0.39, 0.29) is 5.95 Å². The number of nitrogens with zero attached hydrogens (tertiary/aromatic N) is 4. The number of nitrogens with two attached hydrogens (primary N) is 1. The largest absolute Gasteiger partial charge is 0.386 e. The van der Waals surface area contributed by atoms with Crippen LogP contribution in [0.3, 0.4) is 0 Å². The van der Waals surface area contributed by atoms with Crippen molar-refractivity contribution in [1.82, 2.24) is 14.6 Å². The van der Waals surface area contributed by atoms with E-state index in [4.69, 9.17) is 5.73 Å². The van der Waals surface area contributed by atoms with Crippen molar-refractivity contribution < 1.29 is 5.11 Å². The average molecular weight is 219 g/mol. The monoisotopic (exact) mass is 219 g/mol. The van der Waals surface area contributed by atoms with E-state index in [1.165, 1.54) is 0 Å². The molecule has 1 saturated heterocycles. The first-order chi connectivity index (χ1) is 7.55. The molecule has 84 valence electrons. The molecule has 3 heterocycles. The molecule has 0 aromatic carbocycles. The van der Waals surface area contributed by atoms with Crippen molar-refractivity contribution in [2.45, 2.75) is 12.5 Å². The van der Waals surface area contributed by atoms with Crippen LogP contribution in [-0.2, 0) is 0 Å². The highest BCUT2D eigenvalue weighted by Gasteiger charge is 2.37. The molecule has 6 nitrogen and oxygen atoms in total. The maximum Gasteiger partial charge on any atom is 0.240 e. The van der Waals surface area contributed by atoms with Gasteiger partial charge in [-0.05, 0) is 19.1 Å². The summed E-state index contributed by atoms with van der Waals surface area (Å²) in [6.45, 7) is 3.02. The van der Waals surface area contributed by atoms with Gasteiger partial charge in [0, 0.05) is 13.1 Å². The van der Waals surface area contributed by atoms with E-state index in [0.717, 1.165) is 11.5 Å². The van der Waals surface area contributed by atoms with Crippen LogP contribution < -0.4 is 10.6 Å². The third kappa shape index (κ3) is 1.30. The van der Waals surface area contributed by atoms with E-state index in [0.29, 0.717) is 13.1 Å². The average Bonchev–Trinajstić information content (AvgIpc) is 2.53. The second-order valence-corrected chi connectivity index (χ2v) is 4.48. The van der Waals surface area contributed by atoms with E-state index in [1.807, 2.05) is 30.0 Å². The van der Waals surface area contributed by atoms with Gasteiger partial charge in [-0.25, -0.2) is 0 Å². The summed E-state index contributed by atoms with van der Waals surface area (Å²) in [6.07, 6.45) is 0. The van der Waals surface area contributed by atoms with Crippen LogP contribution in [0.25, 0.3) is 5.65 Å². The molecule has 3 rings (SSSR count). The van der Waals surface area contributed by atoms with Gasteiger partial charge in [0.2, 0.25) is 5.95 Å². The lowest BCUT2D eigenvalue weighted by Crippen LogP contribution is -2.60. The number of aliphatic hydroxyl groups is 1. The second kappa shape index (κ2) is 2.85. The van der Waals surface area contributed by atoms with Crippen LogP contribution in [0.5, 0.6) is 0 Å². The van der Waals surface area contributed by atoms with Crippen molar-refractivity contribution in [3.8, 4) is 0 Å². The first kappa shape index (κ1) is 9.41. The molecule has 0 bridgehead atoms. The molecule has 3 N–H and O–H groups in total. The Morgan fingerprint density at radius 2 is 2.19 bits per heavy atom. The Morgan fingerprint density at radius 3 is 2.88 bits per heavy atom. The number of anilines is 2. The zero-order valence-electron chi connectivity index (χ0n) is 8.96. The number of nitrogen functional groups attached to an aromatic ring is 1. The van der Waals surface area contributed by atoms with Crippen molar-refractivity contribution >= 4 is 17.4 Å². The normalized spacial score (nSPS) is 18.8. The molecule has 2 aromatic heterocycles. The fourth-order valence-electron chi connectivity index (χ4n) is 2.09. The highest BCUT2D eigenvalue weighted by atomic mass is 16.3. The zero-order chi connectivity index (χ0) is 11.3. The van der Waals surface area contributed by atoms with E-state index in [9.17, 15) is 5.11 Å². The van der Waals surface area contributed by atoms with Crippen molar-refractivity contribution in [1.29, 1.82) is 0 Å².